The van der Waals surface area contributed by atoms with Gasteiger partial charge in [0.15, 0.2) is 5.65 Å². The molecule has 3 aromatic heterocycles. The average molecular weight is 433 g/mol. The van der Waals surface area contributed by atoms with Gasteiger partial charge in [-0.25, -0.2) is 9.67 Å². The van der Waals surface area contributed by atoms with Gasteiger partial charge in [-0.15, -0.1) is 11.3 Å². The highest BCUT2D eigenvalue weighted by molar-refractivity contribution is 7.10. The van der Waals surface area contributed by atoms with E-state index in [1.54, 1.807) is 17.5 Å². The third-order valence-electron chi connectivity index (χ3n) is 5.75. The summed E-state index contributed by atoms with van der Waals surface area (Å²) in [6.45, 7) is 5.38. The molecule has 1 aliphatic heterocycles. The molecule has 31 heavy (non-hydrogen) atoms. The minimum atomic E-state index is -0.161. The first-order valence-corrected chi connectivity index (χ1v) is 11.4. The Kier molecular flexibility index (Phi) is 5.29. The van der Waals surface area contributed by atoms with Crippen molar-refractivity contribution in [1.29, 1.82) is 0 Å². The van der Waals surface area contributed by atoms with Crippen LogP contribution < -0.4 is 5.32 Å². The lowest BCUT2D eigenvalue weighted by molar-refractivity contribution is 0.0206. The largest absolute Gasteiger partial charge is 0.371 e. The number of nitrogens with one attached hydrogen (secondary N) is 1. The summed E-state index contributed by atoms with van der Waals surface area (Å²) in [7, 11) is 0. The van der Waals surface area contributed by atoms with Gasteiger partial charge in [0, 0.05) is 23.4 Å². The maximum Gasteiger partial charge on any atom is 0.252 e. The van der Waals surface area contributed by atoms with Crippen LogP contribution in [-0.4, -0.2) is 33.3 Å². The summed E-state index contributed by atoms with van der Waals surface area (Å²) < 4.78 is 7.85. The molecule has 4 heterocycles. The van der Waals surface area contributed by atoms with Crippen LogP contribution in [0.5, 0.6) is 0 Å². The number of carbonyl (C=O) groups excluding carboxylic acids is 1. The van der Waals surface area contributed by atoms with Crippen LogP contribution in [0, 0.1) is 0 Å². The maximum absolute atomic E-state index is 13.4. The van der Waals surface area contributed by atoms with Crippen LogP contribution in [0.4, 0.5) is 0 Å². The number of hydrogen-bond acceptors (Lipinski definition) is 5. The van der Waals surface area contributed by atoms with Gasteiger partial charge in [0.2, 0.25) is 0 Å². The van der Waals surface area contributed by atoms with Gasteiger partial charge in [-0.1, -0.05) is 30.3 Å². The van der Waals surface area contributed by atoms with Crippen LogP contribution in [-0.2, 0) is 17.7 Å². The zero-order valence-electron chi connectivity index (χ0n) is 17.5. The number of thiophene rings is 1. The van der Waals surface area contributed by atoms with E-state index in [1.165, 1.54) is 10.4 Å². The van der Waals surface area contributed by atoms with Gasteiger partial charge in [-0.05, 0) is 36.9 Å². The van der Waals surface area contributed by atoms with Crippen LogP contribution in [0.1, 0.15) is 40.8 Å². The first-order valence-electron chi connectivity index (χ1n) is 10.6. The molecule has 158 valence electrons. The lowest BCUT2D eigenvalue weighted by atomic mass is 10.00. The summed E-state index contributed by atoms with van der Waals surface area (Å²) in [5.41, 5.74) is 4.21. The second-order valence-electron chi connectivity index (χ2n) is 7.72. The molecule has 0 saturated heterocycles. The fourth-order valence-corrected chi connectivity index (χ4v) is 5.07. The molecular formula is C24H24N4O2S. The maximum atomic E-state index is 13.4. The molecule has 0 radical (unpaired) electrons. The molecule has 0 aliphatic carbocycles. The van der Waals surface area contributed by atoms with Crippen LogP contribution in [0.2, 0.25) is 0 Å². The van der Waals surface area contributed by atoms with E-state index in [1.807, 2.05) is 54.9 Å². The minimum absolute atomic E-state index is 0.136. The van der Waals surface area contributed by atoms with E-state index in [0.717, 1.165) is 28.7 Å². The number of aromatic nitrogens is 3. The van der Waals surface area contributed by atoms with Crippen molar-refractivity contribution < 1.29 is 9.53 Å². The normalized spacial score (nSPS) is 16.8. The molecule has 2 atom stereocenters. The quantitative estimate of drug-likeness (QED) is 0.500. The first kappa shape index (κ1) is 19.9. The number of hydrogen-bond donors (Lipinski definition) is 1. The fourth-order valence-electron chi connectivity index (χ4n) is 4.17. The number of pyridine rings is 1. The van der Waals surface area contributed by atoms with Crippen molar-refractivity contribution in [3.63, 3.8) is 0 Å². The Balaban J connectivity index is 1.51. The molecule has 5 rings (SSSR count). The monoisotopic (exact) mass is 432 g/mol. The summed E-state index contributed by atoms with van der Waals surface area (Å²) in [6, 6.07) is 13.7. The minimum Gasteiger partial charge on any atom is -0.371 e. The summed E-state index contributed by atoms with van der Waals surface area (Å²) in [5.74, 6) is -0.140. The van der Waals surface area contributed by atoms with E-state index in [-0.39, 0.29) is 18.1 Å². The van der Waals surface area contributed by atoms with Gasteiger partial charge in [-0.2, -0.15) is 5.10 Å². The molecule has 7 heteroatoms. The summed E-state index contributed by atoms with van der Waals surface area (Å²) >= 11 is 1.76. The number of nitrogens with zero attached hydrogens (tertiary/aromatic N) is 3. The van der Waals surface area contributed by atoms with E-state index >= 15 is 0 Å². The number of fused-ring (bicyclic) bond motifs is 2. The molecule has 1 aliphatic rings. The summed E-state index contributed by atoms with van der Waals surface area (Å²) in [6.07, 6.45) is 2.53. The molecule has 0 spiro atoms. The molecular weight excluding hydrogens is 408 g/mol. The molecule has 0 fully saturated rings. The Morgan fingerprint density at radius 2 is 2.16 bits per heavy atom. The third kappa shape index (κ3) is 3.64. The zero-order chi connectivity index (χ0) is 21.4. The number of ether oxygens (including phenoxy) is 1. The van der Waals surface area contributed by atoms with Crippen molar-refractivity contribution in [2.45, 2.75) is 39.0 Å². The first-order chi connectivity index (χ1) is 15.2. The zero-order valence-corrected chi connectivity index (χ0v) is 18.4. The average Bonchev–Trinajstić information content (AvgIpc) is 3.45. The van der Waals surface area contributed by atoms with Gasteiger partial charge in [0.05, 0.1) is 35.5 Å². The molecule has 1 amide bonds. The number of aryl methyl sites for hydroxylation is 1. The summed E-state index contributed by atoms with van der Waals surface area (Å²) in [4.78, 5) is 19.6. The van der Waals surface area contributed by atoms with Crippen molar-refractivity contribution in [3.8, 4) is 11.3 Å². The lowest BCUT2D eigenvalue weighted by Crippen LogP contribution is -2.39. The Hall–Kier alpha value is -3.03. The van der Waals surface area contributed by atoms with Crippen molar-refractivity contribution in [2.75, 3.05) is 6.61 Å². The van der Waals surface area contributed by atoms with Crippen molar-refractivity contribution in [1.82, 2.24) is 20.1 Å². The number of benzene rings is 1. The lowest BCUT2D eigenvalue weighted by Gasteiger charge is -2.29. The highest BCUT2D eigenvalue weighted by atomic mass is 32.1. The van der Waals surface area contributed by atoms with Crippen LogP contribution in [0.15, 0.2) is 54.0 Å². The molecule has 2 unspecified atom stereocenters. The van der Waals surface area contributed by atoms with Crippen molar-refractivity contribution >= 4 is 28.3 Å². The van der Waals surface area contributed by atoms with Gasteiger partial charge in [-0.3, -0.25) is 4.79 Å². The molecule has 4 aromatic rings. The highest BCUT2D eigenvalue weighted by Crippen LogP contribution is 2.33. The van der Waals surface area contributed by atoms with Gasteiger partial charge in [0.1, 0.15) is 6.10 Å². The predicted molar refractivity (Wildman–Crippen MR) is 122 cm³/mol. The Morgan fingerprint density at radius 3 is 2.97 bits per heavy atom. The van der Waals surface area contributed by atoms with Crippen LogP contribution in [0.25, 0.3) is 22.3 Å². The number of amides is 1. The Morgan fingerprint density at radius 1 is 1.32 bits per heavy atom. The third-order valence-corrected chi connectivity index (χ3v) is 6.75. The highest BCUT2D eigenvalue weighted by Gasteiger charge is 2.29. The van der Waals surface area contributed by atoms with Crippen molar-refractivity contribution in [2.24, 2.45) is 0 Å². The second kappa shape index (κ2) is 8.24. The number of carbonyl (C=O) groups is 1. The topological polar surface area (TPSA) is 69.0 Å². The van der Waals surface area contributed by atoms with Gasteiger partial charge >= 0.3 is 0 Å². The molecule has 0 bridgehead atoms. The van der Waals surface area contributed by atoms with E-state index in [9.17, 15) is 4.79 Å². The van der Waals surface area contributed by atoms with Crippen molar-refractivity contribution in [3.05, 3.63) is 70.0 Å². The molecule has 6 nitrogen and oxygen atoms in total. The molecule has 1 aromatic carbocycles. The smallest absolute Gasteiger partial charge is 0.252 e. The Bertz CT molecular complexity index is 1230. The fraction of sp³-hybridized carbons (Fsp3) is 0.292. The van der Waals surface area contributed by atoms with Gasteiger partial charge < -0.3 is 10.1 Å². The molecule has 1 N–H and O–H groups in total. The van der Waals surface area contributed by atoms with E-state index < -0.39 is 0 Å². The SMILES string of the molecule is CCn1ncc2c(C(=O)NC(C)C3OCCc4sccc43)cc(-c3ccccc3)nc21. The van der Waals surface area contributed by atoms with Crippen LogP contribution >= 0.6 is 11.3 Å². The number of rotatable bonds is 5. The van der Waals surface area contributed by atoms with E-state index in [4.69, 9.17) is 9.72 Å². The standard InChI is InChI=1S/C24H24N4O2S/c1-3-28-23-19(14-25-28)18(13-20(27-23)16-7-5-4-6-8-16)24(29)26-15(2)22-17-10-12-31-21(17)9-11-30-22/h4-8,10,12-15,22H,3,9,11H2,1-2H3,(H,26,29). The molecule has 0 saturated carbocycles. The summed E-state index contributed by atoms with van der Waals surface area (Å²) in [5, 5.41) is 10.5. The van der Waals surface area contributed by atoms with Crippen LogP contribution in [0.3, 0.4) is 0 Å². The van der Waals surface area contributed by atoms with Gasteiger partial charge in [0.25, 0.3) is 5.91 Å². The van der Waals surface area contributed by atoms with E-state index in [0.29, 0.717) is 18.7 Å². The van der Waals surface area contributed by atoms with E-state index in [2.05, 4.69) is 21.9 Å². The Labute approximate surface area is 184 Å². The second-order valence-corrected chi connectivity index (χ2v) is 8.72. The predicted octanol–water partition coefficient (Wildman–Crippen LogP) is 4.61.